The normalized spacial score (nSPS) is 10.9. The van der Waals surface area contributed by atoms with E-state index in [1.807, 2.05) is 38.1 Å². The molecule has 0 unspecified atom stereocenters. The van der Waals surface area contributed by atoms with Gasteiger partial charge >= 0.3 is 0 Å². The second-order valence-corrected chi connectivity index (χ2v) is 7.25. The van der Waals surface area contributed by atoms with Crippen LogP contribution in [-0.2, 0) is 11.3 Å². The van der Waals surface area contributed by atoms with Crippen molar-refractivity contribution >= 4 is 39.1 Å². The molecule has 0 spiro atoms. The van der Waals surface area contributed by atoms with Crippen molar-refractivity contribution in [2.75, 3.05) is 11.4 Å². The maximum Gasteiger partial charge on any atom is 0.262 e. The molecule has 140 valence electrons. The molecule has 2 aromatic heterocycles. The highest BCUT2D eigenvalue weighted by molar-refractivity contribution is 7.20. The van der Waals surface area contributed by atoms with Gasteiger partial charge in [0, 0.05) is 12.2 Å². The van der Waals surface area contributed by atoms with Gasteiger partial charge in [-0.05, 0) is 44.0 Å². The van der Waals surface area contributed by atoms with Crippen LogP contribution in [0.15, 0.2) is 35.4 Å². The minimum atomic E-state index is -0.589. The number of primary amides is 1. The van der Waals surface area contributed by atoms with Gasteiger partial charge in [-0.15, -0.1) is 11.3 Å². The molecule has 3 rings (SSSR count). The van der Waals surface area contributed by atoms with E-state index in [0.717, 1.165) is 22.6 Å². The predicted octanol–water partition coefficient (Wildman–Crippen LogP) is 2.23. The zero-order valence-corrected chi connectivity index (χ0v) is 16.2. The Bertz CT molecular complexity index is 1100. The van der Waals surface area contributed by atoms with Crippen molar-refractivity contribution in [1.29, 1.82) is 0 Å². The first-order valence-electron chi connectivity index (χ1n) is 8.48. The van der Waals surface area contributed by atoms with Crippen LogP contribution in [0, 0.1) is 13.8 Å². The maximum absolute atomic E-state index is 12.8. The Kier molecular flexibility index (Phi) is 5.09. The van der Waals surface area contributed by atoms with Gasteiger partial charge in [0.1, 0.15) is 11.4 Å². The number of nitrogens with zero attached hydrogens (tertiary/aromatic N) is 3. The Morgan fingerprint density at radius 1 is 1.30 bits per heavy atom. The summed E-state index contributed by atoms with van der Waals surface area (Å²) in [5.41, 5.74) is 7.34. The standard InChI is InChI=1S/C19H20N4O3S/c1-4-23(13-7-5-6-11(2)8-13)14(24)9-22-10-21-18-15(19(22)26)12(3)16(27-18)17(20)25/h5-8,10H,4,9H2,1-3H3,(H2,20,25). The Morgan fingerprint density at radius 3 is 2.67 bits per heavy atom. The van der Waals surface area contributed by atoms with E-state index in [0.29, 0.717) is 27.2 Å². The number of anilines is 1. The first kappa shape index (κ1) is 18.8. The molecule has 0 radical (unpaired) electrons. The van der Waals surface area contributed by atoms with E-state index in [-0.39, 0.29) is 18.0 Å². The minimum absolute atomic E-state index is 0.134. The quantitative estimate of drug-likeness (QED) is 0.729. The van der Waals surface area contributed by atoms with E-state index in [1.54, 1.807) is 11.8 Å². The number of benzene rings is 1. The van der Waals surface area contributed by atoms with Crippen molar-refractivity contribution in [3.05, 3.63) is 57.0 Å². The van der Waals surface area contributed by atoms with E-state index in [2.05, 4.69) is 4.98 Å². The summed E-state index contributed by atoms with van der Waals surface area (Å²) < 4.78 is 1.27. The van der Waals surface area contributed by atoms with Crippen LogP contribution in [0.1, 0.15) is 27.7 Å². The van der Waals surface area contributed by atoms with Gasteiger partial charge < -0.3 is 10.6 Å². The highest BCUT2D eigenvalue weighted by Gasteiger charge is 2.20. The van der Waals surface area contributed by atoms with E-state index < -0.39 is 5.91 Å². The SMILES string of the molecule is CCN(C(=O)Cn1cnc2sc(C(N)=O)c(C)c2c1=O)c1cccc(C)c1. The molecule has 0 aliphatic heterocycles. The van der Waals surface area contributed by atoms with Crippen LogP contribution in [0.25, 0.3) is 10.2 Å². The van der Waals surface area contributed by atoms with Gasteiger partial charge in [-0.2, -0.15) is 0 Å². The van der Waals surface area contributed by atoms with Crippen molar-refractivity contribution in [3.63, 3.8) is 0 Å². The molecule has 0 bridgehead atoms. The van der Waals surface area contributed by atoms with Crippen LogP contribution in [0.3, 0.4) is 0 Å². The van der Waals surface area contributed by atoms with E-state index >= 15 is 0 Å². The van der Waals surface area contributed by atoms with E-state index in [1.165, 1.54) is 10.9 Å². The number of nitrogens with two attached hydrogens (primary N) is 1. The lowest BCUT2D eigenvalue weighted by Gasteiger charge is -2.22. The zero-order chi connectivity index (χ0) is 19.7. The molecule has 0 aliphatic rings. The zero-order valence-electron chi connectivity index (χ0n) is 15.4. The van der Waals surface area contributed by atoms with Gasteiger partial charge in [0.05, 0.1) is 16.6 Å². The van der Waals surface area contributed by atoms with Crippen LogP contribution in [0.4, 0.5) is 5.69 Å². The van der Waals surface area contributed by atoms with Crippen molar-refractivity contribution in [3.8, 4) is 0 Å². The fourth-order valence-corrected chi connectivity index (χ4v) is 4.03. The smallest absolute Gasteiger partial charge is 0.262 e. The number of likely N-dealkylation sites (N-methyl/N-ethyl adjacent to an activating group) is 1. The third-order valence-electron chi connectivity index (χ3n) is 4.38. The topological polar surface area (TPSA) is 98.3 Å². The fourth-order valence-electron chi connectivity index (χ4n) is 3.04. The average Bonchev–Trinajstić information content (AvgIpc) is 2.96. The molecule has 2 amide bonds. The average molecular weight is 384 g/mol. The van der Waals surface area contributed by atoms with Crippen LogP contribution in [0.5, 0.6) is 0 Å². The first-order valence-corrected chi connectivity index (χ1v) is 9.30. The number of fused-ring (bicyclic) bond motifs is 1. The Labute approximate surface area is 160 Å². The largest absolute Gasteiger partial charge is 0.365 e. The summed E-state index contributed by atoms with van der Waals surface area (Å²) in [6.07, 6.45) is 1.34. The van der Waals surface area contributed by atoms with E-state index in [9.17, 15) is 14.4 Å². The molecule has 1 aromatic carbocycles. The molecule has 7 nitrogen and oxygen atoms in total. The second kappa shape index (κ2) is 7.32. The third-order valence-corrected chi connectivity index (χ3v) is 5.59. The molecular weight excluding hydrogens is 364 g/mol. The number of amides is 2. The Hall–Kier alpha value is -3.00. The lowest BCUT2D eigenvalue weighted by molar-refractivity contribution is -0.119. The molecule has 2 N–H and O–H groups in total. The van der Waals surface area contributed by atoms with Gasteiger partial charge in [-0.1, -0.05) is 12.1 Å². The van der Waals surface area contributed by atoms with Gasteiger partial charge in [-0.3, -0.25) is 19.0 Å². The van der Waals surface area contributed by atoms with Gasteiger partial charge in [0.2, 0.25) is 5.91 Å². The molecule has 3 aromatic rings. The molecule has 0 saturated heterocycles. The monoisotopic (exact) mass is 384 g/mol. The maximum atomic E-state index is 12.8. The summed E-state index contributed by atoms with van der Waals surface area (Å²) in [6.45, 7) is 5.85. The molecule has 2 heterocycles. The van der Waals surface area contributed by atoms with Gasteiger partial charge in [0.15, 0.2) is 0 Å². The van der Waals surface area contributed by atoms with Gasteiger partial charge in [-0.25, -0.2) is 4.98 Å². The van der Waals surface area contributed by atoms with Crippen molar-refractivity contribution in [2.45, 2.75) is 27.3 Å². The number of hydrogen-bond acceptors (Lipinski definition) is 5. The summed E-state index contributed by atoms with van der Waals surface area (Å²) >= 11 is 1.09. The lowest BCUT2D eigenvalue weighted by Crippen LogP contribution is -2.36. The first-order chi connectivity index (χ1) is 12.8. The fraction of sp³-hybridized carbons (Fsp3) is 0.263. The molecule has 27 heavy (non-hydrogen) atoms. The molecular formula is C19H20N4O3S. The lowest BCUT2D eigenvalue weighted by atomic mass is 10.2. The summed E-state index contributed by atoms with van der Waals surface area (Å²) in [5.74, 6) is -0.802. The number of hydrogen-bond donors (Lipinski definition) is 1. The van der Waals surface area contributed by atoms with Crippen molar-refractivity contribution in [1.82, 2.24) is 9.55 Å². The van der Waals surface area contributed by atoms with Crippen LogP contribution in [0.2, 0.25) is 0 Å². The summed E-state index contributed by atoms with van der Waals surface area (Å²) in [6, 6.07) is 7.63. The third kappa shape index (κ3) is 3.48. The summed E-state index contributed by atoms with van der Waals surface area (Å²) in [5, 5.41) is 0.336. The van der Waals surface area contributed by atoms with Gasteiger partial charge in [0.25, 0.3) is 11.5 Å². The molecule has 0 atom stereocenters. The van der Waals surface area contributed by atoms with Crippen molar-refractivity contribution in [2.24, 2.45) is 5.73 Å². The number of aryl methyl sites for hydroxylation is 2. The summed E-state index contributed by atoms with van der Waals surface area (Å²) in [7, 11) is 0. The molecule has 8 heteroatoms. The predicted molar refractivity (Wildman–Crippen MR) is 106 cm³/mol. The van der Waals surface area contributed by atoms with Crippen LogP contribution >= 0.6 is 11.3 Å². The Morgan fingerprint density at radius 2 is 2.04 bits per heavy atom. The van der Waals surface area contributed by atoms with Crippen LogP contribution < -0.4 is 16.2 Å². The van der Waals surface area contributed by atoms with Crippen molar-refractivity contribution < 1.29 is 9.59 Å². The second-order valence-electron chi connectivity index (χ2n) is 6.26. The number of thiophene rings is 1. The highest BCUT2D eigenvalue weighted by atomic mass is 32.1. The molecule has 0 aliphatic carbocycles. The Balaban J connectivity index is 1.97. The highest BCUT2D eigenvalue weighted by Crippen LogP contribution is 2.26. The molecule has 0 saturated carbocycles. The molecule has 0 fully saturated rings. The minimum Gasteiger partial charge on any atom is -0.365 e. The van der Waals surface area contributed by atoms with E-state index in [4.69, 9.17) is 5.73 Å². The van der Waals surface area contributed by atoms with Crippen LogP contribution in [-0.4, -0.2) is 27.9 Å². The number of aromatic nitrogens is 2. The number of rotatable bonds is 5. The number of carbonyl (C=O) groups excluding carboxylic acids is 2. The summed E-state index contributed by atoms with van der Waals surface area (Å²) in [4.78, 5) is 43.8. The number of carbonyl (C=O) groups is 2.